The van der Waals surface area contributed by atoms with Crippen LogP contribution in [0.25, 0.3) is 0 Å². The molecule has 0 saturated carbocycles. The highest BCUT2D eigenvalue weighted by atomic mass is 16.5. The number of aromatic nitrogens is 1. The summed E-state index contributed by atoms with van der Waals surface area (Å²) in [4.78, 5) is 6.66. The average molecular weight is 338 g/mol. The third-order valence-corrected chi connectivity index (χ3v) is 5.55. The first-order chi connectivity index (χ1) is 12.2. The van der Waals surface area contributed by atoms with Crippen LogP contribution >= 0.6 is 0 Å². The number of hydrogen-bond acceptors (Lipinski definition) is 4. The van der Waals surface area contributed by atoms with Crippen molar-refractivity contribution in [2.24, 2.45) is 0 Å². The number of hydrogen-bond donors (Lipinski definition) is 1. The molecule has 0 bridgehead atoms. The second-order valence-electron chi connectivity index (χ2n) is 7.43. The van der Waals surface area contributed by atoms with Crippen LogP contribution in [0.3, 0.4) is 0 Å². The third kappa shape index (κ3) is 3.92. The van der Waals surface area contributed by atoms with Gasteiger partial charge in [-0.15, -0.1) is 0 Å². The molecule has 2 saturated heterocycles. The zero-order valence-corrected chi connectivity index (χ0v) is 14.6. The second-order valence-corrected chi connectivity index (χ2v) is 7.43. The Balaban J connectivity index is 1.41. The first-order valence-corrected chi connectivity index (χ1v) is 9.25. The minimum Gasteiger partial charge on any atom is -0.393 e. The maximum Gasteiger partial charge on any atom is 0.0857 e. The molecule has 4 heteroatoms. The first kappa shape index (κ1) is 16.7. The zero-order valence-electron chi connectivity index (χ0n) is 14.6. The Kier molecular flexibility index (Phi) is 4.84. The average Bonchev–Trinajstić information content (AvgIpc) is 2.65. The summed E-state index contributed by atoms with van der Waals surface area (Å²) in [7, 11) is 0. The molecule has 25 heavy (non-hydrogen) atoms. The second kappa shape index (κ2) is 7.24. The number of likely N-dealkylation sites (tertiary alicyclic amines) is 1. The minimum absolute atomic E-state index is 0.00910. The summed E-state index contributed by atoms with van der Waals surface area (Å²) >= 11 is 0. The first-order valence-electron chi connectivity index (χ1n) is 9.25. The third-order valence-electron chi connectivity index (χ3n) is 5.55. The van der Waals surface area contributed by atoms with E-state index in [1.165, 1.54) is 11.1 Å². The standard InChI is InChI=1S/C21H26N2O2/c24-19-13-20(18-6-2-1-3-7-18)25-21(14-19)8-11-23(12-9-21)16-17-5-4-10-22-15-17/h1-7,10,15,19-20,24H,8-9,11-14,16H2/t19-,20+/m0/s1. The van der Waals surface area contributed by atoms with Crippen LogP contribution in [0.4, 0.5) is 0 Å². The summed E-state index contributed by atoms with van der Waals surface area (Å²) in [5.41, 5.74) is 2.26. The highest BCUT2D eigenvalue weighted by molar-refractivity contribution is 5.19. The van der Waals surface area contributed by atoms with Gasteiger partial charge in [-0.25, -0.2) is 0 Å². The van der Waals surface area contributed by atoms with Crippen LogP contribution in [0.5, 0.6) is 0 Å². The van der Waals surface area contributed by atoms with Crippen LogP contribution in [-0.4, -0.2) is 39.8 Å². The molecule has 1 N–H and O–H groups in total. The van der Waals surface area contributed by atoms with Crippen molar-refractivity contribution in [1.29, 1.82) is 0 Å². The fourth-order valence-electron chi connectivity index (χ4n) is 4.22. The van der Waals surface area contributed by atoms with Crippen molar-refractivity contribution in [3.05, 3.63) is 66.0 Å². The topological polar surface area (TPSA) is 45.6 Å². The zero-order chi connectivity index (χ0) is 17.1. The molecule has 2 aliphatic rings. The van der Waals surface area contributed by atoms with Crippen LogP contribution in [0, 0.1) is 0 Å². The number of rotatable bonds is 3. The number of pyridine rings is 1. The molecule has 0 amide bonds. The largest absolute Gasteiger partial charge is 0.393 e. The molecule has 0 radical (unpaired) electrons. The van der Waals surface area contributed by atoms with E-state index in [0.29, 0.717) is 6.42 Å². The predicted molar refractivity (Wildman–Crippen MR) is 97.0 cm³/mol. The molecule has 1 aromatic carbocycles. The van der Waals surface area contributed by atoms with Crippen LogP contribution in [0.15, 0.2) is 54.9 Å². The maximum absolute atomic E-state index is 10.5. The Hall–Kier alpha value is -1.75. The van der Waals surface area contributed by atoms with Gasteiger partial charge in [-0.2, -0.15) is 0 Å². The van der Waals surface area contributed by atoms with E-state index in [2.05, 4.69) is 28.1 Å². The Morgan fingerprint density at radius 2 is 1.92 bits per heavy atom. The molecule has 2 atom stereocenters. The SMILES string of the molecule is O[C@H]1C[C@H](c2ccccc2)OC2(CCN(Cc3cccnc3)CC2)C1. The fraction of sp³-hybridized carbons (Fsp3) is 0.476. The van der Waals surface area contributed by atoms with Crippen LogP contribution < -0.4 is 0 Å². The molecular weight excluding hydrogens is 312 g/mol. The molecule has 2 aromatic rings. The van der Waals surface area contributed by atoms with Gasteiger partial charge in [0.05, 0.1) is 17.8 Å². The van der Waals surface area contributed by atoms with Gasteiger partial charge >= 0.3 is 0 Å². The highest BCUT2D eigenvalue weighted by Gasteiger charge is 2.43. The molecule has 2 fully saturated rings. The maximum atomic E-state index is 10.5. The molecule has 132 valence electrons. The van der Waals surface area contributed by atoms with Crippen molar-refractivity contribution in [2.45, 2.75) is 50.0 Å². The van der Waals surface area contributed by atoms with Gasteiger partial charge in [0.15, 0.2) is 0 Å². The lowest BCUT2D eigenvalue weighted by Crippen LogP contribution is -2.50. The predicted octanol–water partition coefficient (Wildman–Crippen LogP) is 3.33. The minimum atomic E-state index is -0.274. The molecule has 1 aromatic heterocycles. The number of piperidine rings is 1. The van der Waals surface area contributed by atoms with Gasteiger partial charge in [0, 0.05) is 44.9 Å². The smallest absolute Gasteiger partial charge is 0.0857 e. The van der Waals surface area contributed by atoms with E-state index in [4.69, 9.17) is 4.74 Å². The van der Waals surface area contributed by atoms with Crippen molar-refractivity contribution in [3.8, 4) is 0 Å². The van der Waals surface area contributed by atoms with Crippen molar-refractivity contribution in [2.75, 3.05) is 13.1 Å². The summed E-state index contributed by atoms with van der Waals surface area (Å²) in [5, 5.41) is 10.5. The van der Waals surface area contributed by atoms with Gasteiger partial charge in [-0.05, 0) is 30.0 Å². The summed E-state index contributed by atoms with van der Waals surface area (Å²) in [6, 6.07) is 14.4. The van der Waals surface area contributed by atoms with E-state index in [0.717, 1.165) is 38.9 Å². The lowest BCUT2D eigenvalue weighted by Gasteiger charge is -2.48. The normalized spacial score (nSPS) is 26.6. The van der Waals surface area contributed by atoms with E-state index in [1.807, 2.05) is 36.7 Å². The van der Waals surface area contributed by atoms with Crippen molar-refractivity contribution in [3.63, 3.8) is 0 Å². The number of aliphatic hydroxyl groups is 1. The van der Waals surface area contributed by atoms with E-state index in [-0.39, 0.29) is 17.8 Å². The molecule has 0 aliphatic carbocycles. The quantitative estimate of drug-likeness (QED) is 0.932. The molecule has 0 unspecified atom stereocenters. The number of benzene rings is 1. The molecule has 3 heterocycles. The van der Waals surface area contributed by atoms with Gasteiger partial charge in [0.1, 0.15) is 0 Å². The summed E-state index contributed by atoms with van der Waals surface area (Å²) in [5.74, 6) is 0. The Morgan fingerprint density at radius 3 is 2.64 bits per heavy atom. The van der Waals surface area contributed by atoms with E-state index in [9.17, 15) is 5.11 Å². The summed E-state index contributed by atoms with van der Waals surface area (Å²) < 4.78 is 6.57. The van der Waals surface area contributed by atoms with Crippen molar-refractivity contribution in [1.82, 2.24) is 9.88 Å². The number of aliphatic hydroxyl groups excluding tert-OH is 1. The van der Waals surface area contributed by atoms with E-state index >= 15 is 0 Å². The monoisotopic (exact) mass is 338 g/mol. The van der Waals surface area contributed by atoms with Crippen molar-refractivity contribution < 1.29 is 9.84 Å². The van der Waals surface area contributed by atoms with Crippen molar-refractivity contribution >= 4 is 0 Å². The van der Waals surface area contributed by atoms with Crippen LogP contribution in [0.2, 0.25) is 0 Å². The summed E-state index contributed by atoms with van der Waals surface area (Å²) in [6.45, 7) is 2.95. The molecule has 1 spiro atoms. The molecular formula is C21H26N2O2. The van der Waals surface area contributed by atoms with Gasteiger partial charge in [-0.3, -0.25) is 9.88 Å². The molecule has 4 nitrogen and oxygen atoms in total. The number of nitrogens with zero attached hydrogens (tertiary/aromatic N) is 2. The lowest BCUT2D eigenvalue weighted by atomic mass is 9.81. The Morgan fingerprint density at radius 1 is 1.12 bits per heavy atom. The van der Waals surface area contributed by atoms with Crippen LogP contribution in [0.1, 0.15) is 42.9 Å². The lowest BCUT2D eigenvalue weighted by molar-refractivity contribution is -0.184. The Bertz CT molecular complexity index is 669. The Labute approximate surface area is 149 Å². The van der Waals surface area contributed by atoms with Gasteiger partial charge in [-0.1, -0.05) is 36.4 Å². The van der Waals surface area contributed by atoms with E-state index < -0.39 is 0 Å². The summed E-state index contributed by atoms with van der Waals surface area (Å²) in [6.07, 6.45) is 6.91. The highest BCUT2D eigenvalue weighted by Crippen LogP contribution is 2.43. The van der Waals surface area contributed by atoms with Gasteiger partial charge < -0.3 is 9.84 Å². The molecule has 4 rings (SSSR count). The van der Waals surface area contributed by atoms with Crippen LogP contribution in [-0.2, 0) is 11.3 Å². The van der Waals surface area contributed by atoms with Gasteiger partial charge in [0.25, 0.3) is 0 Å². The van der Waals surface area contributed by atoms with Gasteiger partial charge in [0.2, 0.25) is 0 Å². The molecule has 2 aliphatic heterocycles. The number of ether oxygens (including phenoxy) is 1. The van der Waals surface area contributed by atoms with E-state index in [1.54, 1.807) is 0 Å². The fourth-order valence-corrected chi connectivity index (χ4v) is 4.22.